The molecule has 0 saturated carbocycles. The van der Waals surface area contributed by atoms with Gasteiger partial charge in [0.2, 0.25) is 5.91 Å². The number of carbonyl (C=O) groups is 4. The molecule has 26 heavy (non-hydrogen) atoms. The molecule has 0 saturated heterocycles. The van der Waals surface area contributed by atoms with Crippen LogP contribution in [0.25, 0.3) is 0 Å². The van der Waals surface area contributed by atoms with E-state index in [2.05, 4.69) is 5.32 Å². The van der Waals surface area contributed by atoms with Crippen molar-refractivity contribution in [2.75, 3.05) is 6.54 Å². The van der Waals surface area contributed by atoms with Crippen molar-refractivity contribution in [2.45, 2.75) is 19.4 Å². The molecule has 6 nitrogen and oxygen atoms in total. The first-order valence-electron chi connectivity index (χ1n) is 8.26. The highest BCUT2D eigenvalue weighted by molar-refractivity contribution is 6.22. The molecule has 1 heterocycles. The predicted molar refractivity (Wildman–Crippen MR) is 94.6 cm³/mol. The number of imide groups is 1. The van der Waals surface area contributed by atoms with Crippen LogP contribution in [0.1, 0.15) is 33.2 Å². The van der Waals surface area contributed by atoms with Crippen LogP contribution in [-0.2, 0) is 16.0 Å². The molecule has 1 aliphatic rings. The molecule has 0 spiro atoms. The number of amides is 3. The average Bonchev–Trinajstić information content (AvgIpc) is 2.87. The molecule has 2 aromatic carbocycles. The smallest absolute Gasteiger partial charge is 0.262 e. The molecule has 0 radical (unpaired) electrons. The van der Waals surface area contributed by atoms with Gasteiger partial charge in [0, 0.05) is 0 Å². The maximum absolute atomic E-state index is 12.3. The van der Waals surface area contributed by atoms with Gasteiger partial charge >= 0.3 is 0 Å². The van der Waals surface area contributed by atoms with Gasteiger partial charge in [-0.05, 0) is 31.0 Å². The van der Waals surface area contributed by atoms with E-state index in [1.807, 2.05) is 30.3 Å². The van der Waals surface area contributed by atoms with Crippen LogP contribution in [-0.4, -0.2) is 41.0 Å². The van der Waals surface area contributed by atoms with Gasteiger partial charge in [0.15, 0.2) is 5.78 Å². The van der Waals surface area contributed by atoms with Crippen LogP contribution < -0.4 is 5.32 Å². The van der Waals surface area contributed by atoms with E-state index >= 15 is 0 Å². The highest BCUT2D eigenvalue weighted by Gasteiger charge is 2.36. The minimum atomic E-state index is -0.708. The fraction of sp³-hybridized carbons (Fsp3) is 0.200. The first-order valence-corrected chi connectivity index (χ1v) is 8.26. The van der Waals surface area contributed by atoms with Gasteiger partial charge in [0.05, 0.1) is 17.2 Å². The molecule has 0 aromatic heterocycles. The van der Waals surface area contributed by atoms with Crippen LogP contribution in [0.5, 0.6) is 0 Å². The molecule has 6 heteroatoms. The zero-order valence-electron chi connectivity index (χ0n) is 14.3. The Morgan fingerprint density at radius 1 is 0.923 bits per heavy atom. The summed E-state index contributed by atoms with van der Waals surface area (Å²) in [5.41, 5.74) is 1.49. The van der Waals surface area contributed by atoms with Crippen molar-refractivity contribution in [1.82, 2.24) is 10.2 Å². The molecule has 3 amide bonds. The zero-order chi connectivity index (χ0) is 18.7. The maximum atomic E-state index is 12.3. The Labute approximate surface area is 150 Å². The number of nitrogens with zero attached hydrogens (tertiary/aromatic N) is 1. The van der Waals surface area contributed by atoms with E-state index in [0.717, 1.165) is 10.5 Å². The number of hydrogen-bond donors (Lipinski definition) is 1. The normalized spacial score (nSPS) is 14.1. The Bertz CT molecular complexity index is 841. The topological polar surface area (TPSA) is 83.6 Å². The van der Waals surface area contributed by atoms with Gasteiger partial charge in [0.1, 0.15) is 6.54 Å². The third-order valence-corrected chi connectivity index (χ3v) is 4.29. The SMILES string of the molecule is CC(=O)[C@@H](Cc1ccccc1)NC(=O)CN1C(=O)c2ccccc2C1=O. The summed E-state index contributed by atoms with van der Waals surface area (Å²) < 4.78 is 0. The van der Waals surface area contributed by atoms with Crippen molar-refractivity contribution < 1.29 is 19.2 Å². The van der Waals surface area contributed by atoms with E-state index in [-0.39, 0.29) is 16.9 Å². The fourth-order valence-electron chi connectivity index (χ4n) is 2.91. The van der Waals surface area contributed by atoms with E-state index in [1.54, 1.807) is 24.3 Å². The molecule has 0 fully saturated rings. The van der Waals surface area contributed by atoms with E-state index in [1.165, 1.54) is 6.92 Å². The second-order valence-corrected chi connectivity index (χ2v) is 6.16. The Kier molecular flexibility index (Phi) is 4.93. The molecule has 2 aromatic rings. The predicted octanol–water partition coefficient (Wildman–Crippen LogP) is 1.60. The summed E-state index contributed by atoms with van der Waals surface area (Å²) in [5.74, 6) is -1.73. The average molecular weight is 350 g/mol. The lowest BCUT2D eigenvalue weighted by molar-refractivity contribution is -0.127. The van der Waals surface area contributed by atoms with Crippen LogP contribution in [0.3, 0.4) is 0 Å². The molecule has 1 atom stereocenters. The van der Waals surface area contributed by atoms with Crippen LogP contribution in [0.2, 0.25) is 0 Å². The van der Waals surface area contributed by atoms with Crippen molar-refractivity contribution in [2.24, 2.45) is 0 Å². The van der Waals surface area contributed by atoms with Gasteiger partial charge in [-0.25, -0.2) is 0 Å². The summed E-state index contributed by atoms with van der Waals surface area (Å²) in [4.78, 5) is 49.7. The third kappa shape index (κ3) is 3.54. The number of rotatable bonds is 6. The highest BCUT2D eigenvalue weighted by atomic mass is 16.2. The van der Waals surface area contributed by atoms with Crippen LogP contribution in [0.4, 0.5) is 0 Å². The summed E-state index contributed by atoms with van der Waals surface area (Å²) in [6.07, 6.45) is 0.351. The first kappa shape index (κ1) is 17.5. The standard InChI is InChI=1S/C20H18N2O4/c1-13(23)17(11-14-7-3-2-4-8-14)21-18(24)12-22-19(25)15-9-5-6-10-16(15)20(22)26/h2-10,17H,11-12H2,1H3,(H,21,24)/t17-/m1/s1. The number of carbonyl (C=O) groups excluding carboxylic acids is 4. The lowest BCUT2D eigenvalue weighted by atomic mass is 10.0. The first-order chi connectivity index (χ1) is 12.5. The van der Waals surface area contributed by atoms with E-state index in [9.17, 15) is 19.2 Å². The molecular formula is C20H18N2O4. The molecule has 1 aliphatic heterocycles. The number of fused-ring (bicyclic) bond motifs is 1. The van der Waals surface area contributed by atoms with Gasteiger partial charge in [-0.3, -0.25) is 24.1 Å². The molecule has 0 bridgehead atoms. The van der Waals surface area contributed by atoms with Gasteiger partial charge in [-0.15, -0.1) is 0 Å². The van der Waals surface area contributed by atoms with Gasteiger partial charge in [-0.1, -0.05) is 42.5 Å². The lowest BCUT2D eigenvalue weighted by Gasteiger charge is -2.19. The van der Waals surface area contributed by atoms with Crippen LogP contribution in [0.15, 0.2) is 54.6 Å². The molecule has 1 N–H and O–H groups in total. The van der Waals surface area contributed by atoms with Crippen molar-refractivity contribution in [3.63, 3.8) is 0 Å². The van der Waals surface area contributed by atoms with E-state index in [4.69, 9.17) is 0 Å². The molecular weight excluding hydrogens is 332 g/mol. The second kappa shape index (κ2) is 7.31. The van der Waals surface area contributed by atoms with E-state index < -0.39 is 30.3 Å². The summed E-state index contributed by atoms with van der Waals surface area (Å²) in [7, 11) is 0. The molecule has 0 aliphatic carbocycles. The Hall–Kier alpha value is -3.28. The van der Waals surface area contributed by atoms with Crippen molar-refractivity contribution in [3.8, 4) is 0 Å². The maximum Gasteiger partial charge on any atom is 0.262 e. The molecule has 0 unspecified atom stereocenters. The van der Waals surface area contributed by atoms with Crippen molar-refractivity contribution >= 4 is 23.5 Å². The Morgan fingerprint density at radius 2 is 1.46 bits per heavy atom. The van der Waals surface area contributed by atoms with Gasteiger partial charge in [0.25, 0.3) is 11.8 Å². The summed E-state index contributed by atoms with van der Waals surface area (Å²) >= 11 is 0. The number of ketones is 1. The number of Topliss-reactive ketones (excluding diaryl/α,β-unsaturated/α-hetero) is 1. The highest BCUT2D eigenvalue weighted by Crippen LogP contribution is 2.21. The quantitative estimate of drug-likeness (QED) is 0.802. The fourth-order valence-corrected chi connectivity index (χ4v) is 2.91. The summed E-state index contributed by atoms with van der Waals surface area (Å²) in [6, 6.07) is 15.0. The second-order valence-electron chi connectivity index (χ2n) is 6.16. The van der Waals surface area contributed by atoms with E-state index in [0.29, 0.717) is 6.42 Å². The zero-order valence-corrected chi connectivity index (χ0v) is 14.3. The van der Waals surface area contributed by atoms with Crippen LogP contribution >= 0.6 is 0 Å². The Balaban J connectivity index is 1.67. The molecule has 3 rings (SSSR count). The van der Waals surface area contributed by atoms with Crippen molar-refractivity contribution in [3.05, 3.63) is 71.3 Å². The summed E-state index contributed by atoms with van der Waals surface area (Å²) in [5, 5.41) is 2.63. The minimum Gasteiger partial charge on any atom is -0.344 e. The largest absolute Gasteiger partial charge is 0.344 e. The summed E-state index contributed by atoms with van der Waals surface area (Å²) in [6.45, 7) is 0.987. The van der Waals surface area contributed by atoms with Crippen molar-refractivity contribution in [1.29, 1.82) is 0 Å². The third-order valence-electron chi connectivity index (χ3n) is 4.29. The molecule has 132 valence electrons. The minimum absolute atomic E-state index is 0.190. The number of benzene rings is 2. The Morgan fingerprint density at radius 3 is 2.00 bits per heavy atom. The van der Waals surface area contributed by atoms with Crippen LogP contribution in [0, 0.1) is 0 Å². The number of nitrogens with one attached hydrogen (secondary N) is 1. The monoisotopic (exact) mass is 350 g/mol. The van der Waals surface area contributed by atoms with Gasteiger partial charge in [-0.2, -0.15) is 0 Å². The van der Waals surface area contributed by atoms with Gasteiger partial charge < -0.3 is 5.32 Å². The number of hydrogen-bond acceptors (Lipinski definition) is 4. The lowest BCUT2D eigenvalue weighted by Crippen LogP contribution is -2.47.